The molecular weight excluding hydrogens is 520 g/mol. The van der Waals surface area contributed by atoms with Gasteiger partial charge in [-0.25, -0.2) is 14.6 Å². The first kappa shape index (κ1) is 28.4. The number of anilines is 2. The minimum atomic E-state index is -0.270. The first-order valence-electron chi connectivity index (χ1n) is 13.9. The summed E-state index contributed by atoms with van der Waals surface area (Å²) in [6, 6.07) is 8.13. The summed E-state index contributed by atoms with van der Waals surface area (Å²) < 4.78 is 3.57. The van der Waals surface area contributed by atoms with E-state index in [1.54, 1.807) is 23.3 Å². The van der Waals surface area contributed by atoms with Crippen LogP contribution in [-0.4, -0.2) is 70.4 Å². The molecule has 1 amide bonds. The monoisotopic (exact) mass is 558 g/mol. The highest BCUT2D eigenvalue weighted by molar-refractivity contribution is 5.92. The molecule has 4 heterocycles. The van der Waals surface area contributed by atoms with Gasteiger partial charge in [-0.05, 0) is 64.3 Å². The molecule has 1 aromatic carbocycles. The number of nitrogens with zero attached hydrogens (tertiary/aromatic N) is 8. The number of fused-ring (bicyclic) bond motifs is 1. The second kappa shape index (κ2) is 11.8. The zero-order valence-electron chi connectivity index (χ0n) is 24.2. The number of amides is 1. The Labute approximate surface area is 239 Å². The number of aliphatic hydroxyl groups excluding tert-OH is 1. The smallest absolute Gasteiger partial charge is 0.273 e. The van der Waals surface area contributed by atoms with E-state index in [-0.39, 0.29) is 35.8 Å². The predicted octanol–water partition coefficient (Wildman–Crippen LogP) is 3.68. The quantitative estimate of drug-likeness (QED) is 0.295. The Balaban J connectivity index is 1.40. The molecule has 0 spiro atoms. The van der Waals surface area contributed by atoms with E-state index in [2.05, 4.69) is 61.9 Å². The van der Waals surface area contributed by atoms with Crippen molar-refractivity contribution in [2.24, 2.45) is 0 Å². The molecule has 1 atom stereocenters. The molecule has 3 aromatic heterocycles. The summed E-state index contributed by atoms with van der Waals surface area (Å²) in [5, 5.41) is 28.7. The van der Waals surface area contributed by atoms with Gasteiger partial charge in [-0.3, -0.25) is 14.4 Å². The SMILES string of the molecule is CC(C)n1cc(Nc2nccc(-c3ccc4c(c3)CN(CCO)CCC4NC(=O)c3cn(C(C)(C)C)nn3)n2)cn1. The lowest BCUT2D eigenvalue weighted by Crippen LogP contribution is -2.31. The van der Waals surface area contributed by atoms with Crippen molar-refractivity contribution in [1.82, 2.24) is 45.0 Å². The summed E-state index contributed by atoms with van der Waals surface area (Å²) in [5.41, 5.74) is 4.67. The third-order valence-corrected chi connectivity index (χ3v) is 7.12. The van der Waals surface area contributed by atoms with E-state index in [0.29, 0.717) is 25.5 Å². The number of hydrogen-bond donors (Lipinski definition) is 3. The molecule has 0 aliphatic carbocycles. The van der Waals surface area contributed by atoms with Crippen LogP contribution in [0.25, 0.3) is 11.3 Å². The molecule has 0 saturated heterocycles. The summed E-state index contributed by atoms with van der Waals surface area (Å²) in [5.74, 6) is 0.222. The Kier molecular flexibility index (Phi) is 8.13. The molecular formula is C29H38N10O2. The zero-order valence-corrected chi connectivity index (χ0v) is 24.2. The topological polar surface area (TPSA) is 139 Å². The molecule has 0 bridgehead atoms. The Morgan fingerprint density at radius 3 is 2.73 bits per heavy atom. The van der Waals surface area contributed by atoms with Crippen molar-refractivity contribution in [3.8, 4) is 11.3 Å². The minimum absolute atomic E-state index is 0.0658. The molecule has 3 N–H and O–H groups in total. The number of β-amino-alcohol motifs (C(OH)–C–C–N with tert-alkyl or cyclic N) is 1. The van der Waals surface area contributed by atoms with Gasteiger partial charge in [0, 0.05) is 43.6 Å². The molecule has 0 radical (unpaired) electrons. The maximum absolute atomic E-state index is 13.2. The van der Waals surface area contributed by atoms with E-state index in [4.69, 9.17) is 4.98 Å². The van der Waals surface area contributed by atoms with Crippen molar-refractivity contribution < 1.29 is 9.90 Å². The molecule has 0 fully saturated rings. The van der Waals surface area contributed by atoms with Crippen molar-refractivity contribution in [2.45, 2.75) is 65.2 Å². The average Bonchev–Trinajstić information content (AvgIpc) is 3.59. The van der Waals surface area contributed by atoms with Crippen LogP contribution in [0.15, 0.2) is 49.1 Å². The van der Waals surface area contributed by atoms with Gasteiger partial charge in [0.05, 0.1) is 42.0 Å². The maximum atomic E-state index is 13.2. The van der Waals surface area contributed by atoms with Crippen LogP contribution in [0, 0.1) is 0 Å². The average molecular weight is 559 g/mol. The highest BCUT2D eigenvalue weighted by Gasteiger charge is 2.26. The molecule has 1 aliphatic rings. The van der Waals surface area contributed by atoms with Crippen LogP contribution in [0.4, 0.5) is 11.6 Å². The third kappa shape index (κ3) is 6.60. The van der Waals surface area contributed by atoms with Gasteiger partial charge in [-0.1, -0.05) is 17.3 Å². The summed E-state index contributed by atoms with van der Waals surface area (Å²) in [7, 11) is 0. The first-order chi connectivity index (χ1) is 19.6. The standard InChI is InChI=1S/C29H38N10O2/c1-19(2)38-17-22(15-31-38)32-28-30-10-8-24(34-28)20-6-7-23-21(14-20)16-37(12-13-40)11-9-25(23)33-27(41)26-18-39(36-35-26)29(3,4)5/h6-8,10,14-15,17-19,25,40H,9,11-13,16H2,1-5H3,(H,33,41)(H,30,32,34). The van der Waals surface area contributed by atoms with Crippen molar-refractivity contribution in [1.29, 1.82) is 0 Å². The molecule has 12 nitrogen and oxygen atoms in total. The largest absolute Gasteiger partial charge is 0.395 e. The number of aliphatic hydroxyl groups is 1. The van der Waals surface area contributed by atoms with Gasteiger partial charge < -0.3 is 15.7 Å². The zero-order chi connectivity index (χ0) is 29.1. The number of carbonyl (C=O) groups excluding carboxylic acids is 1. The van der Waals surface area contributed by atoms with Crippen molar-refractivity contribution in [2.75, 3.05) is 25.0 Å². The van der Waals surface area contributed by atoms with Crippen LogP contribution >= 0.6 is 0 Å². The Morgan fingerprint density at radius 2 is 2.02 bits per heavy atom. The van der Waals surface area contributed by atoms with Gasteiger partial charge in [0.25, 0.3) is 5.91 Å². The highest BCUT2D eigenvalue weighted by Crippen LogP contribution is 2.31. The van der Waals surface area contributed by atoms with Crippen molar-refractivity contribution in [3.63, 3.8) is 0 Å². The second-order valence-electron chi connectivity index (χ2n) is 11.6. The van der Waals surface area contributed by atoms with Crippen molar-refractivity contribution in [3.05, 3.63) is 65.9 Å². The summed E-state index contributed by atoms with van der Waals surface area (Å²) in [4.78, 5) is 24.5. The van der Waals surface area contributed by atoms with E-state index in [0.717, 1.165) is 34.6 Å². The maximum Gasteiger partial charge on any atom is 0.273 e. The number of benzene rings is 1. The third-order valence-electron chi connectivity index (χ3n) is 7.12. The minimum Gasteiger partial charge on any atom is -0.395 e. The number of nitrogens with one attached hydrogen (secondary N) is 2. The van der Waals surface area contributed by atoms with Gasteiger partial charge >= 0.3 is 0 Å². The number of rotatable bonds is 8. The predicted molar refractivity (Wildman–Crippen MR) is 156 cm³/mol. The first-order valence-corrected chi connectivity index (χ1v) is 13.9. The van der Waals surface area contributed by atoms with Crippen LogP contribution in [0.2, 0.25) is 0 Å². The number of hydrogen-bond acceptors (Lipinski definition) is 9. The summed E-state index contributed by atoms with van der Waals surface area (Å²) in [6.45, 7) is 12.2. The van der Waals surface area contributed by atoms with Gasteiger partial charge in [0.1, 0.15) is 0 Å². The summed E-state index contributed by atoms with van der Waals surface area (Å²) >= 11 is 0. The van der Waals surface area contributed by atoms with Crippen molar-refractivity contribution >= 4 is 17.5 Å². The Bertz CT molecular complexity index is 1500. The normalized spacial score (nSPS) is 15.9. The molecule has 5 rings (SSSR count). The lowest BCUT2D eigenvalue weighted by Gasteiger charge is -2.19. The molecule has 0 saturated carbocycles. The molecule has 4 aromatic rings. The number of aromatic nitrogens is 7. The lowest BCUT2D eigenvalue weighted by molar-refractivity contribution is 0.0926. The fourth-order valence-corrected chi connectivity index (χ4v) is 4.83. The molecule has 12 heteroatoms. The highest BCUT2D eigenvalue weighted by atomic mass is 16.3. The molecule has 41 heavy (non-hydrogen) atoms. The van der Waals surface area contributed by atoms with Crippen LogP contribution in [0.3, 0.4) is 0 Å². The molecule has 1 aliphatic heterocycles. The Morgan fingerprint density at radius 1 is 1.20 bits per heavy atom. The van der Waals surface area contributed by atoms with Crippen LogP contribution in [-0.2, 0) is 12.1 Å². The van der Waals surface area contributed by atoms with Gasteiger partial charge in [-0.2, -0.15) is 5.10 Å². The van der Waals surface area contributed by atoms with E-state index < -0.39 is 0 Å². The van der Waals surface area contributed by atoms with E-state index in [1.165, 1.54) is 0 Å². The Hall–Kier alpha value is -4.16. The van der Waals surface area contributed by atoms with Crippen LogP contribution in [0.5, 0.6) is 0 Å². The lowest BCUT2D eigenvalue weighted by atomic mass is 9.96. The fourth-order valence-electron chi connectivity index (χ4n) is 4.83. The molecule has 216 valence electrons. The number of carbonyl (C=O) groups is 1. The van der Waals surface area contributed by atoms with Gasteiger partial charge in [0.2, 0.25) is 5.95 Å². The van der Waals surface area contributed by atoms with Crippen LogP contribution < -0.4 is 10.6 Å². The van der Waals surface area contributed by atoms with E-state index in [1.807, 2.05) is 43.8 Å². The van der Waals surface area contributed by atoms with E-state index in [9.17, 15) is 9.90 Å². The van der Waals surface area contributed by atoms with Gasteiger partial charge in [-0.15, -0.1) is 5.10 Å². The molecule has 1 unspecified atom stereocenters. The van der Waals surface area contributed by atoms with E-state index >= 15 is 0 Å². The summed E-state index contributed by atoms with van der Waals surface area (Å²) in [6.07, 6.45) is 7.80. The second-order valence-corrected chi connectivity index (χ2v) is 11.6. The van der Waals surface area contributed by atoms with Gasteiger partial charge in [0.15, 0.2) is 5.69 Å². The van der Waals surface area contributed by atoms with Crippen LogP contribution in [0.1, 0.15) is 74.7 Å². The fraction of sp³-hybridized carbons (Fsp3) is 0.448.